The van der Waals surface area contributed by atoms with Crippen molar-refractivity contribution in [3.05, 3.63) is 52.2 Å². The molecule has 0 aliphatic carbocycles. The molecule has 4 nitrogen and oxygen atoms in total. The molecule has 1 N–H and O–H groups in total. The summed E-state index contributed by atoms with van der Waals surface area (Å²) in [4.78, 5) is 24.1. The van der Waals surface area contributed by atoms with E-state index in [1.807, 2.05) is 0 Å². The highest BCUT2D eigenvalue weighted by Crippen LogP contribution is 2.26. The number of ether oxygens (including phenoxy) is 1. The van der Waals surface area contributed by atoms with Crippen LogP contribution in [0.4, 0.5) is 13.2 Å². The molecule has 1 aromatic heterocycles. The minimum atomic E-state index is -4.80. The van der Waals surface area contributed by atoms with Crippen molar-refractivity contribution in [2.75, 3.05) is 0 Å². The fourth-order valence-electron chi connectivity index (χ4n) is 1.94. The Morgan fingerprint density at radius 1 is 1.08 bits per heavy atom. The van der Waals surface area contributed by atoms with Crippen LogP contribution in [-0.2, 0) is 11.3 Å². The number of ketones is 1. The first-order valence-electron chi connectivity index (χ1n) is 7.02. The topological polar surface area (TPSA) is 55.4 Å². The number of rotatable bonds is 7. The molecule has 2 rings (SSSR count). The minimum Gasteiger partial charge on any atom is -0.405 e. The number of Topliss-reactive ketones (excluding diaryl/α,β-unsaturated/α-hetero) is 1. The molecule has 2 aromatic rings. The van der Waals surface area contributed by atoms with E-state index in [1.165, 1.54) is 29.5 Å². The molecule has 0 aliphatic rings. The van der Waals surface area contributed by atoms with E-state index in [2.05, 4.69) is 10.1 Å². The van der Waals surface area contributed by atoms with Crippen LogP contribution >= 0.6 is 11.3 Å². The van der Waals surface area contributed by atoms with E-state index in [0.717, 1.165) is 0 Å². The Hall–Kier alpha value is -2.35. The molecule has 1 amide bonds. The Balaban J connectivity index is 1.85. The number of hydrogen-bond acceptors (Lipinski definition) is 4. The molecule has 0 unspecified atom stereocenters. The fourth-order valence-corrected chi connectivity index (χ4v) is 2.64. The van der Waals surface area contributed by atoms with E-state index >= 15 is 0 Å². The van der Waals surface area contributed by atoms with Crippen molar-refractivity contribution in [2.24, 2.45) is 0 Å². The van der Waals surface area contributed by atoms with E-state index in [-0.39, 0.29) is 36.5 Å². The molecule has 128 valence electrons. The Bertz CT molecular complexity index is 699. The van der Waals surface area contributed by atoms with Crippen molar-refractivity contribution in [3.8, 4) is 5.75 Å². The highest BCUT2D eigenvalue weighted by molar-refractivity contribution is 7.12. The summed E-state index contributed by atoms with van der Waals surface area (Å²) in [6, 6.07) is 8.98. The van der Waals surface area contributed by atoms with Crippen LogP contribution in [0.15, 0.2) is 41.8 Å². The monoisotopic (exact) mass is 357 g/mol. The minimum absolute atomic E-state index is 0.0287. The van der Waals surface area contributed by atoms with Crippen LogP contribution in [0.25, 0.3) is 0 Å². The number of thiophene rings is 1. The number of amides is 1. The highest BCUT2D eigenvalue weighted by atomic mass is 32.1. The number of nitrogens with one attached hydrogen (secondary N) is 1. The molecule has 1 heterocycles. The molecule has 24 heavy (non-hydrogen) atoms. The molecule has 0 saturated carbocycles. The van der Waals surface area contributed by atoms with Crippen molar-refractivity contribution >= 4 is 23.0 Å². The second-order valence-corrected chi connectivity index (χ2v) is 5.78. The average molecular weight is 357 g/mol. The van der Waals surface area contributed by atoms with Crippen LogP contribution in [0.1, 0.15) is 28.1 Å². The molecule has 1 aromatic carbocycles. The van der Waals surface area contributed by atoms with Crippen LogP contribution < -0.4 is 10.1 Å². The van der Waals surface area contributed by atoms with Crippen molar-refractivity contribution in [1.82, 2.24) is 5.32 Å². The zero-order chi connectivity index (χ0) is 17.6. The lowest BCUT2D eigenvalue weighted by atomic mass is 10.1. The van der Waals surface area contributed by atoms with Crippen LogP contribution in [0.2, 0.25) is 0 Å². The van der Waals surface area contributed by atoms with Gasteiger partial charge in [-0.05, 0) is 17.5 Å². The normalized spacial score (nSPS) is 11.1. The number of carbonyl (C=O) groups is 2. The average Bonchev–Trinajstić information content (AvgIpc) is 3.04. The van der Waals surface area contributed by atoms with Gasteiger partial charge in [0.1, 0.15) is 5.75 Å². The molecule has 0 bridgehead atoms. The zero-order valence-electron chi connectivity index (χ0n) is 12.4. The maximum Gasteiger partial charge on any atom is 0.573 e. The first kappa shape index (κ1) is 18.0. The smallest absolute Gasteiger partial charge is 0.405 e. The first-order chi connectivity index (χ1) is 11.3. The number of benzene rings is 1. The fraction of sp³-hybridized carbons (Fsp3) is 0.250. The Kier molecular flexibility index (Phi) is 5.97. The van der Waals surface area contributed by atoms with Crippen molar-refractivity contribution in [3.63, 3.8) is 0 Å². The van der Waals surface area contributed by atoms with Crippen molar-refractivity contribution < 1.29 is 27.5 Å². The second kappa shape index (κ2) is 7.96. The summed E-state index contributed by atoms with van der Waals surface area (Å²) >= 11 is 1.30. The number of carbonyl (C=O) groups excluding carboxylic acids is 2. The van der Waals surface area contributed by atoms with Crippen molar-refractivity contribution in [2.45, 2.75) is 25.7 Å². The van der Waals surface area contributed by atoms with Crippen LogP contribution in [0.3, 0.4) is 0 Å². The summed E-state index contributed by atoms with van der Waals surface area (Å²) in [7, 11) is 0. The first-order valence-corrected chi connectivity index (χ1v) is 7.90. The van der Waals surface area contributed by atoms with Gasteiger partial charge < -0.3 is 10.1 Å². The molecule has 0 radical (unpaired) electrons. The van der Waals surface area contributed by atoms with E-state index in [0.29, 0.717) is 4.88 Å². The number of alkyl halides is 3. The van der Waals surface area contributed by atoms with Crippen LogP contribution in [0.5, 0.6) is 5.75 Å². The van der Waals surface area contributed by atoms with Gasteiger partial charge in [0.05, 0.1) is 4.88 Å². The van der Waals surface area contributed by atoms with Gasteiger partial charge in [0.2, 0.25) is 5.91 Å². The third-order valence-electron chi connectivity index (χ3n) is 3.05. The van der Waals surface area contributed by atoms with E-state index < -0.39 is 12.3 Å². The van der Waals surface area contributed by atoms with E-state index in [1.54, 1.807) is 23.6 Å². The summed E-state index contributed by atoms with van der Waals surface area (Å²) in [5, 5.41) is 4.26. The van der Waals surface area contributed by atoms with Crippen LogP contribution in [-0.4, -0.2) is 18.1 Å². The third-order valence-corrected chi connectivity index (χ3v) is 3.96. The van der Waals surface area contributed by atoms with Gasteiger partial charge in [0.15, 0.2) is 5.78 Å². The Morgan fingerprint density at radius 3 is 2.50 bits per heavy atom. The van der Waals surface area contributed by atoms with Gasteiger partial charge in [-0.3, -0.25) is 9.59 Å². The third kappa shape index (κ3) is 5.69. The molecular weight excluding hydrogens is 343 g/mol. The standard InChI is InChI=1S/C16H14F3NO3S/c17-16(18,19)23-13-5-2-1-4-11(13)10-20-15(22)8-7-12(21)14-6-3-9-24-14/h1-6,9H,7-8,10H2,(H,20,22). The molecule has 8 heteroatoms. The molecule has 0 saturated heterocycles. The maximum atomic E-state index is 12.3. The summed E-state index contributed by atoms with van der Waals surface area (Å²) < 4.78 is 40.9. The SMILES string of the molecule is O=C(CCC(=O)c1cccs1)NCc1ccccc1OC(F)(F)F. The van der Waals surface area contributed by atoms with Gasteiger partial charge in [0, 0.05) is 24.9 Å². The molecule has 0 aliphatic heterocycles. The number of halogens is 3. The highest BCUT2D eigenvalue weighted by Gasteiger charge is 2.31. The lowest BCUT2D eigenvalue weighted by molar-refractivity contribution is -0.274. The largest absolute Gasteiger partial charge is 0.573 e. The molecule has 0 fully saturated rings. The number of para-hydroxylation sites is 1. The summed E-state index contributed by atoms with van der Waals surface area (Å²) in [6.45, 7) is -0.113. The Labute approximate surface area is 140 Å². The van der Waals surface area contributed by atoms with Gasteiger partial charge in [-0.2, -0.15) is 0 Å². The predicted octanol–water partition coefficient (Wildman–Crippen LogP) is 3.93. The lowest BCUT2D eigenvalue weighted by Crippen LogP contribution is -2.24. The van der Waals surface area contributed by atoms with Gasteiger partial charge >= 0.3 is 6.36 Å². The zero-order valence-corrected chi connectivity index (χ0v) is 13.2. The predicted molar refractivity (Wildman–Crippen MR) is 82.9 cm³/mol. The van der Waals surface area contributed by atoms with Gasteiger partial charge in [-0.1, -0.05) is 24.3 Å². The Morgan fingerprint density at radius 2 is 1.83 bits per heavy atom. The van der Waals surface area contributed by atoms with Gasteiger partial charge in [-0.15, -0.1) is 24.5 Å². The summed E-state index contributed by atoms with van der Waals surface area (Å²) in [5.41, 5.74) is 0.202. The van der Waals surface area contributed by atoms with Gasteiger partial charge in [0.25, 0.3) is 0 Å². The van der Waals surface area contributed by atoms with Crippen LogP contribution in [0, 0.1) is 0 Å². The number of hydrogen-bond donors (Lipinski definition) is 1. The van der Waals surface area contributed by atoms with Gasteiger partial charge in [-0.25, -0.2) is 0 Å². The second-order valence-electron chi connectivity index (χ2n) is 4.83. The summed E-state index contributed by atoms with van der Waals surface area (Å²) in [5.74, 6) is -0.914. The summed E-state index contributed by atoms with van der Waals surface area (Å²) in [6.07, 6.45) is -4.78. The quantitative estimate of drug-likeness (QED) is 0.764. The lowest BCUT2D eigenvalue weighted by Gasteiger charge is -2.13. The maximum absolute atomic E-state index is 12.3. The van der Waals surface area contributed by atoms with E-state index in [9.17, 15) is 22.8 Å². The van der Waals surface area contributed by atoms with E-state index in [4.69, 9.17) is 0 Å². The molecule has 0 spiro atoms. The molecular formula is C16H14F3NO3S. The molecule has 0 atom stereocenters. The van der Waals surface area contributed by atoms with Crippen molar-refractivity contribution in [1.29, 1.82) is 0 Å².